The van der Waals surface area contributed by atoms with Crippen molar-refractivity contribution in [2.75, 3.05) is 32.7 Å². The van der Waals surface area contributed by atoms with Crippen LogP contribution in [-0.4, -0.2) is 114 Å². The number of benzene rings is 2. The summed E-state index contributed by atoms with van der Waals surface area (Å²) in [6.45, 7) is 2.54. The molecule has 8 atom stereocenters. The van der Waals surface area contributed by atoms with E-state index in [-0.39, 0.29) is 36.8 Å². The van der Waals surface area contributed by atoms with Crippen molar-refractivity contribution in [1.29, 1.82) is 0 Å². The van der Waals surface area contributed by atoms with Gasteiger partial charge in [0.25, 0.3) is 0 Å². The van der Waals surface area contributed by atoms with Crippen LogP contribution in [0.4, 0.5) is 13.2 Å². The maximum Gasteiger partial charge on any atom is 0.303 e. The van der Waals surface area contributed by atoms with Crippen LogP contribution in [0.25, 0.3) is 22.5 Å². The average Bonchev–Trinajstić information content (AvgIpc) is 3.77. The van der Waals surface area contributed by atoms with Crippen molar-refractivity contribution in [2.24, 2.45) is 0 Å². The second-order valence-electron chi connectivity index (χ2n) is 12.0. The van der Waals surface area contributed by atoms with Gasteiger partial charge in [-0.25, -0.2) is 33.4 Å². The Morgan fingerprint density at radius 3 is 2.32 bits per heavy atom. The van der Waals surface area contributed by atoms with Gasteiger partial charge in [0.1, 0.15) is 41.9 Å². The smallest absolute Gasteiger partial charge is 0.303 e. The second-order valence-corrected chi connectivity index (χ2v) is 14.8. The number of rotatable bonds is 9. The lowest BCUT2D eigenvalue weighted by Crippen LogP contribution is -2.57. The molecule has 4 heterocycles. The Labute approximate surface area is 286 Å². The molecule has 2 saturated heterocycles. The highest BCUT2D eigenvalue weighted by Gasteiger charge is 2.52. The molecule has 2 aromatic carbocycles. The van der Waals surface area contributed by atoms with Crippen LogP contribution >= 0.6 is 10.9 Å². The lowest BCUT2D eigenvalue weighted by molar-refractivity contribution is -0.154. The number of nitrogens with zero attached hydrogens (tertiary/aromatic N) is 6. The fourth-order valence-corrected chi connectivity index (χ4v) is 10.1. The van der Waals surface area contributed by atoms with E-state index in [1.54, 1.807) is 24.4 Å². The fraction of sp³-hybridized carbons (Fsp3) is 0.438. The van der Waals surface area contributed by atoms with Crippen LogP contribution in [0.1, 0.15) is 25.9 Å². The topological polar surface area (TPSA) is 173 Å². The van der Waals surface area contributed by atoms with Gasteiger partial charge in [0.2, 0.25) is 0 Å². The molecular weight excluding hydrogens is 685 g/mol. The van der Waals surface area contributed by atoms with Gasteiger partial charge in [0.05, 0.1) is 43.1 Å². The molecule has 2 aliphatic heterocycles. The van der Waals surface area contributed by atoms with Crippen molar-refractivity contribution in [2.45, 2.75) is 54.7 Å². The molecule has 0 aliphatic carbocycles. The maximum atomic E-state index is 14.1. The van der Waals surface area contributed by atoms with Gasteiger partial charge in [-0.05, 0) is 24.3 Å². The Morgan fingerprint density at radius 1 is 0.980 bits per heavy atom. The molecule has 14 nitrogen and oxygen atoms in total. The van der Waals surface area contributed by atoms with E-state index >= 15 is 0 Å². The van der Waals surface area contributed by atoms with Crippen molar-refractivity contribution in [3.63, 3.8) is 0 Å². The predicted octanol–water partition coefficient (Wildman–Crippen LogP) is 2.76. The zero-order valence-electron chi connectivity index (χ0n) is 27.1. The van der Waals surface area contributed by atoms with E-state index in [2.05, 4.69) is 20.6 Å². The summed E-state index contributed by atoms with van der Waals surface area (Å²) in [6, 6.07) is 6.57. The van der Waals surface area contributed by atoms with Gasteiger partial charge in [-0.2, -0.15) is 0 Å². The maximum absolute atomic E-state index is 14.1. The first kappa shape index (κ1) is 35.3. The van der Waals surface area contributed by atoms with Crippen LogP contribution in [0.5, 0.6) is 5.75 Å². The van der Waals surface area contributed by atoms with Crippen molar-refractivity contribution in [3.8, 4) is 28.3 Å². The minimum Gasteiger partial charge on any atom is -0.508 e. The minimum atomic E-state index is -1.62. The van der Waals surface area contributed by atoms with Crippen LogP contribution in [0.2, 0.25) is 0 Å². The summed E-state index contributed by atoms with van der Waals surface area (Å²) in [5.74, 6) is -5.29. The third-order valence-electron chi connectivity index (χ3n) is 8.85. The number of hydrogen-bond donors (Lipinski definition) is 3. The fourth-order valence-electron chi connectivity index (χ4n) is 6.51. The summed E-state index contributed by atoms with van der Waals surface area (Å²) in [7, 11) is 0.0438. The van der Waals surface area contributed by atoms with E-state index in [0.717, 1.165) is 12.1 Å². The molecule has 268 valence electrons. The first-order chi connectivity index (χ1) is 23.9. The molecular formula is C32H35F3N6O8S. The van der Waals surface area contributed by atoms with Gasteiger partial charge in [-0.3, -0.25) is 9.59 Å². The number of halogens is 3. The monoisotopic (exact) mass is 720 g/mol. The van der Waals surface area contributed by atoms with E-state index in [9.17, 15) is 33.0 Å². The molecule has 2 fully saturated rings. The summed E-state index contributed by atoms with van der Waals surface area (Å²) in [4.78, 5) is 24.7. The molecule has 1 unspecified atom stereocenters. The van der Waals surface area contributed by atoms with E-state index in [0.29, 0.717) is 17.0 Å². The van der Waals surface area contributed by atoms with Crippen molar-refractivity contribution in [1.82, 2.24) is 30.0 Å². The number of methoxy groups -OCH3 is 1. The van der Waals surface area contributed by atoms with Gasteiger partial charge in [0.15, 0.2) is 17.5 Å². The van der Waals surface area contributed by atoms with Gasteiger partial charge in [0, 0.05) is 43.1 Å². The lowest BCUT2D eigenvalue weighted by Gasteiger charge is -2.52. The third kappa shape index (κ3) is 7.19. The number of esters is 2. The number of ether oxygens (including phenoxy) is 4. The second kappa shape index (κ2) is 14.8. The number of carbonyl (C=O) groups excluding carboxylic acids is 2. The zero-order valence-corrected chi connectivity index (χ0v) is 28.0. The number of aromatic nitrogens is 6. The van der Waals surface area contributed by atoms with Crippen LogP contribution in [0, 0.1) is 17.5 Å². The van der Waals surface area contributed by atoms with Gasteiger partial charge >= 0.3 is 11.9 Å². The van der Waals surface area contributed by atoms with Gasteiger partial charge < -0.3 is 29.2 Å². The molecule has 0 bridgehead atoms. The first-order valence-corrected chi connectivity index (χ1v) is 17.2. The molecule has 0 spiro atoms. The van der Waals surface area contributed by atoms with Crippen molar-refractivity contribution in [3.05, 3.63) is 66.2 Å². The normalized spacial score (nSPS) is 27.5. The molecule has 18 heteroatoms. The Bertz CT molecular complexity index is 1840. The number of phenols is 1. The quantitative estimate of drug-likeness (QED) is 0.131. The van der Waals surface area contributed by atoms with E-state index in [1.165, 1.54) is 42.6 Å². The molecule has 2 aromatic heterocycles. The number of aliphatic hydroxyl groups is 1. The molecule has 4 aromatic rings. The van der Waals surface area contributed by atoms with Crippen LogP contribution in [0.3, 0.4) is 0 Å². The Kier molecular flexibility index (Phi) is 10.4. The van der Waals surface area contributed by atoms with Crippen LogP contribution in [0.15, 0.2) is 48.8 Å². The largest absolute Gasteiger partial charge is 0.508 e. The molecule has 50 heavy (non-hydrogen) atoms. The number of hydrogen-bond acceptors (Lipinski definition) is 12. The molecule has 2 N–H and O–H groups in total. The highest BCUT2D eigenvalue weighted by Crippen LogP contribution is 2.52. The number of aromatic hydroxyl groups is 1. The van der Waals surface area contributed by atoms with Gasteiger partial charge in [-0.15, -0.1) is 10.2 Å². The SMILES string of the molecule is CO[C@H]1C[SH]([C@@H]2COC[C@H](n3cc(-c4cccc(O)c4)nn3)[C@H]2O)[C@H](COC(C)=O)[C@H](OC(C)=O)[C@H]1n1cc(-c2cc(F)c(F)c(F)c2)nn1. The van der Waals surface area contributed by atoms with Crippen LogP contribution in [-0.2, 0) is 28.5 Å². The van der Waals surface area contributed by atoms with E-state index in [4.69, 9.17) is 18.9 Å². The molecule has 2 aliphatic rings. The molecule has 6 rings (SSSR count). The summed E-state index contributed by atoms with van der Waals surface area (Å²) < 4.78 is 68.0. The number of aliphatic hydroxyl groups excluding tert-OH is 1. The third-order valence-corrected chi connectivity index (χ3v) is 12.2. The van der Waals surface area contributed by atoms with Crippen molar-refractivity contribution >= 4 is 22.8 Å². The Morgan fingerprint density at radius 2 is 1.66 bits per heavy atom. The average molecular weight is 721 g/mol. The van der Waals surface area contributed by atoms with Crippen molar-refractivity contribution < 1.29 is 51.9 Å². The number of phenolic OH excluding ortho intramolecular Hbond substituents is 1. The summed E-state index contributed by atoms with van der Waals surface area (Å²) in [6.07, 6.45) is 0.256. The highest BCUT2D eigenvalue weighted by atomic mass is 32.2. The Balaban J connectivity index is 1.34. The predicted molar refractivity (Wildman–Crippen MR) is 172 cm³/mol. The zero-order chi connectivity index (χ0) is 35.7. The molecule has 0 saturated carbocycles. The van der Waals surface area contributed by atoms with E-state index in [1.807, 2.05) is 0 Å². The first-order valence-electron chi connectivity index (χ1n) is 15.6. The molecule has 0 radical (unpaired) electrons. The number of carbonyl (C=O) groups is 2. The van der Waals surface area contributed by atoms with Crippen LogP contribution < -0.4 is 0 Å². The highest BCUT2D eigenvalue weighted by molar-refractivity contribution is 8.18. The standard InChI is InChI=1S/C32H35F3N6O8S/c1-16(42)48-14-28-32(49-17(2)43)30(41-11-24(37-39-41)19-8-21(33)29(35)22(34)9-19)26(46-3)15-50(28)27-13-47-12-25(31(27)45)40-10-23(36-38-40)18-5-4-6-20(44)7-18/h4-11,25-28,30-32,44-45,50H,12-15H2,1-3H3/t25-,26-,27+,28+,30-,31+,32-/m0/s1. The Hall–Kier alpha value is -4.52. The summed E-state index contributed by atoms with van der Waals surface area (Å²) >= 11 is 0. The van der Waals surface area contributed by atoms with E-state index < -0.39 is 81.2 Å². The summed E-state index contributed by atoms with van der Waals surface area (Å²) in [5.41, 5.74) is 1.04. The van der Waals surface area contributed by atoms with Gasteiger partial charge in [-0.1, -0.05) is 22.6 Å². The summed E-state index contributed by atoms with van der Waals surface area (Å²) in [5, 5.41) is 37.3. The molecule has 0 amide bonds. The minimum absolute atomic E-state index is 0.0143. The number of thiol groups is 1. The lowest BCUT2D eigenvalue weighted by atomic mass is 10.0.